The Bertz CT molecular complexity index is 420. The Morgan fingerprint density at radius 1 is 1.22 bits per heavy atom. The predicted molar refractivity (Wildman–Crippen MR) is 79.0 cm³/mol. The second kappa shape index (κ2) is 4.70. The highest BCUT2D eigenvalue weighted by Crippen LogP contribution is 2.40. The van der Waals surface area contributed by atoms with Gasteiger partial charge in [0.2, 0.25) is 0 Å². The van der Waals surface area contributed by atoms with Gasteiger partial charge in [0.1, 0.15) is 0 Å². The Morgan fingerprint density at radius 2 is 1.94 bits per heavy atom. The van der Waals surface area contributed by atoms with Crippen LogP contribution in [0.2, 0.25) is 0 Å². The molecule has 1 aliphatic rings. The summed E-state index contributed by atoms with van der Waals surface area (Å²) in [7, 11) is 0. The largest absolute Gasteiger partial charge is 0.310 e. The number of rotatable bonds is 2. The minimum absolute atomic E-state index is 0.269. The molecule has 0 amide bonds. The summed E-state index contributed by atoms with van der Waals surface area (Å²) in [5.41, 5.74) is 4.89. The molecule has 1 fully saturated rings. The lowest BCUT2D eigenvalue weighted by molar-refractivity contribution is 0.159. The van der Waals surface area contributed by atoms with E-state index in [2.05, 4.69) is 58.1 Å². The molecule has 100 valence electrons. The molecule has 1 aromatic carbocycles. The average Bonchev–Trinajstić information content (AvgIpc) is 2.72. The molecule has 0 radical (unpaired) electrons. The summed E-state index contributed by atoms with van der Waals surface area (Å²) in [6, 6.07) is 6.84. The molecule has 1 atom stereocenters. The molecule has 0 aromatic heterocycles. The minimum Gasteiger partial charge on any atom is -0.310 e. The third-order valence-electron chi connectivity index (χ3n) is 4.68. The van der Waals surface area contributed by atoms with E-state index in [1.165, 1.54) is 36.1 Å². The van der Waals surface area contributed by atoms with Crippen LogP contribution in [0.15, 0.2) is 18.2 Å². The third-order valence-corrected chi connectivity index (χ3v) is 4.68. The zero-order chi connectivity index (χ0) is 13.4. The van der Waals surface area contributed by atoms with Gasteiger partial charge in [-0.1, -0.05) is 44.5 Å². The summed E-state index contributed by atoms with van der Waals surface area (Å²) in [5, 5.41) is 3.81. The highest BCUT2D eigenvalue weighted by Gasteiger charge is 2.43. The topological polar surface area (TPSA) is 12.0 Å². The highest BCUT2D eigenvalue weighted by atomic mass is 15.0. The highest BCUT2D eigenvalue weighted by molar-refractivity contribution is 5.32. The van der Waals surface area contributed by atoms with Gasteiger partial charge in [-0.05, 0) is 56.2 Å². The first-order valence-corrected chi connectivity index (χ1v) is 7.15. The molecule has 1 aromatic rings. The number of nitrogens with one attached hydrogen (secondary N) is 1. The van der Waals surface area contributed by atoms with Crippen LogP contribution >= 0.6 is 0 Å². The maximum Gasteiger partial charge on any atom is 0.0270 e. The van der Waals surface area contributed by atoms with Crippen LogP contribution in [0.1, 0.15) is 50.3 Å². The molecule has 1 N–H and O–H groups in total. The van der Waals surface area contributed by atoms with E-state index < -0.39 is 0 Å². The molecule has 0 spiro atoms. The summed E-state index contributed by atoms with van der Waals surface area (Å²) in [6.07, 6.45) is 3.76. The normalized spacial score (nSPS) is 24.5. The fraction of sp³-hybridized carbons (Fsp3) is 0.647. The van der Waals surface area contributed by atoms with Crippen molar-refractivity contribution in [3.63, 3.8) is 0 Å². The second-order valence-corrected chi connectivity index (χ2v) is 6.97. The van der Waals surface area contributed by atoms with Gasteiger partial charge in [-0.3, -0.25) is 0 Å². The quantitative estimate of drug-likeness (QED) is 0.830. The van der Waals surface area contributed by atoms with Gasteiger partial charge in [-0.2, -0.15) is 0 Å². The van der Waals surface area contributed by atoms with Crippen LogP contribution in [-0.2, 0) is 6.42 Å². The average molecular weight is 245 g/mol. The van der Waals surface area contributed by atoms with E-state index in [0.717, 1.165) is 6.42 Å². The van der Waals surface area contributed by atoms with Gasteiger partial charge < -0.3 is 5.32 Å². The fourth-order valence-electron chi connectivity index (χ4n) is 3.18. The summed E-state index contributed by atoms with van der Waals surface area (Å²) in [4.78, 5) is 0. The maximum atomic E-state index is 3.81. The van der Waals surface area contributed by atoms with Crippen LogP contribution in [0.25, 0.3) is 0 Å². The van der Waals surface area contributed by atoms with Gasteiger partial charge in [-0.15, -0.1) is 0 Å². The van der Waals surface area contributed by atoms with Crippen molar-refractivity contribution in [2.75, 3.05) is 6.54 Å². The van der Waals surface area contributed by atoms with E-state index in [-0.39, 0.29) is 5.54 Å². The SMILES string of the molecule is Cc1ccc(C)c(CC2(C(C)(C)C)CCCN2)c1. The zero-order valence-electron chi connectivity index (χ0n) is 12.6. The van der Waals surface area contributed by atoms with Crippen LogP contribution < -0.4 is 5.32 Å². The lowest BCUT2D eigenvalue weighted by Gasteiger charge is -2.43. The van der Waals surface area contributed by atoms with Crippen molar-refractivity contribution in [1.82, 2.24) is 5.32 Å². The molecule has 1 nitrogen and oxygen atoms in total. The molecule has 2 rings (SSSR count). The molecule has 0 aliphatic carbocycles. The predicted octanol–water partition coefficient (Wildman–Crippen LogP) is 4.01. The van der Waals surface area contributed by atoms with Crippen molar-refractivity contribution in [3.8, 4) is 0 Å². The van der Waals surface area contributed by atoms with Gasteiger partial charge in [0.25, 0.3) is 0 Å². The summed E-state index contributed by atoms with van der Waals surface area (Å²) in [6.45, 7) is 12.7. The van der Waals surface area contributed by atoms with Crippen molar-refractivity contribution in [1.29, 1.82) is 0 Å². The molecule has 0 bridgehead atoms. The van der Waals surface area contributed by atoms with Crippen LogP contribution in [0.4, 0.5) is 0 Å². The number of aryl methyl sites for hydroxylation is 2. The molecule has 1 heterocycles. The van der Waals surface area contributed by atoms with Gasteiger partial charge in [0, 0.05) is 5.54 Å². The Hall–Kier alpha value is -0.820. The molecule has 0 saturated carbocycles. The van der Waals surface area contributed by atoms with Gasteiger partial charge in [0.05, 0.1) is 0 Å². The van der Waals surface area contributed by atoms with Crippen molar-refractivity contribution in [2.45, 2.75) is 59.4 Å². The summed E-state index contributed by atoms with van der Waals surface area (Å²) >= 11 is 0. The van der Waals surface area contributed by atoms with Crippen molar-refractivity contribution < 1.29 is 0 Å². The molecule has 1 aliphatic heterocycles. The summed E-state index contributed by atoms with van der Waals surface area (Å²) in [5.74, 6) is 0. The second-order valence-electron chi connectivity index (χ2n) is 6.97. The van der Waals surface area contributed by atoms with E-state index in [0.29, 0.717) is 5.41 Å². The van der Waals surface area contributed by atoms with Crippen molar-refractivity contribution in [2.24, 2.45) is 5.41 Å². The van der Waals surface area contributed by atoms with E-state index in [9.17, 15) is 0 Å². The zero-order valence-corrected chi connectivity index (χ0v) is 12.6. The summed E-state index contributed by atoms with van der Waals surface area (Å²) < 4.78 is 0. The molecular weight excluding hydrogens is 218 g/mol. The van der Waals surface area contributed by atoms with Crippen LogP contribution in [0, 0.1) is 19.3 Å². The fourth-order valence-corrected chi connectivity index (χ4v) is 3.18. The number of benzene rings is 1. The van der Waals surface area contributed by atoms with Gasteiger partial charge in [-0.25, -0.2) is 0 Å². The van der Waals surface area contributed by atoms with Gasteiger partial charge in [0.15, 0.2) is 0 Å². The number of hydrogen-bond donors (Lipinski definition) is 1. The van der Waals surface area contributed by atoms with E-state index in [1.807, 2.05) is 0 Å². The van der Waals surface area contributed by atoms with Crippen LogP contribution in [0.5, 0.6) is 0 Å². The monoisotopic (exact) mass is 245 g/mol. The van der Waals surface area contributed by atoms with Crippen molar-refractivity contribution >= 4 is 0 Å². The first-order chi connectivity index (χ1) is 8.34. The molecule has 1 unspecified atom stereocenters. The smallest absolute Gasteiger partial charge is 0.0270 e. The van der Waals surface area contributed by atoms with E-state index in [1.54, 1.807) is 0 Å². The Morgan fingerprint density at radius 3 is 2.50 bits per heavy atom. The van der Waals surface area contributed by atoms with Crippen molar-refractivity contribution in [3.05, 3.63) is 34.9 Å². The minimum atomic E-state index is 0.269. The Balaban J connectivity index is 2.32. The maximum absolute atomic E-state index is 3.81. The first-order valence-electron chi connectivity index (χ1n) is 7.15. The Kier molecular flexibility index (Phi) is 3.55. The molecule has 18 heavy (non-hydrogen) atoms. The third kappa shape index (κ3) is 2.47. The first kappa shape index (κ1) is 13.6. The lowest BCUT2D eigenvalue weighted by atomic mass is 9.69. The molecule has 1 heteroatoms. The standard InChI is InChI=1S/C17H27N/c1-13-7-8-14(2)15(11-13)12-17(16(3,4)5)9-6-10-18-17/h7-8,11,18H,6,9-10,12H2,1-5H3. The van der Waals surface area contributed by atoms with E-state index in [4.69, 9.17) is 0 Å². The van der Waals surface area contributed by atoms with E-state index >= 15 is 0 Å². The Labute approximate surface area is 112 Å². The van der Waals surface area contributed by atoms with Gasteiger partial charge >= 0.3 is 0 Å². The number of hydrogen-bond acceptors (Lipinski definition) is 1. The van der Waals surface area contributed by atoms with Crippen LogP contribution in [-0.4, -0.2) is 12.1 Å². The van der Waals surface area contributed by atoms with Crippen LogP contribution in [0.3, 0.4) is 0 Å². The molecular formula is C17H27N. The molecule has 1 saturated heterocycles. The lowest BCUT2D eigenvalue weighted by Crippen LogP contribution is -2.52.